The van der Waals surface area contributed by atoms with Gasteiger partial charge in [-0.05, 0) is 41.3 Å². The predicted molar refractivity (Wildman–Crippen MR) is 104 cm³/mol. The lowest BCUT2D eigenvalue weighted by molar-refractivity contribution is -0.231. The first-order valence-corrected chi connectivity index (χ1v) is 9.77. The molecule has 0 aromatic heterocycles. The molecule has 8 heteroatoms. The normalized spacial score (nSPS) is 29.2. The number of aliphatic hydroxyl groups excluding tert-OH is 4. The van der Waals surface area contributed by atoms with Crippen molar-refractivity contribution in [2.45, 2.75) is 43.5 Å². The van der Waals surface area contributed by atoms with Crippen molar-refractivity contribution >= 4 is 11.6 Å². The number of aliphatic hydroxyl groups is 4. The van der Waals surface area contributed by atoms with Crippen LogP contribution < -0.4 is 4.74 Å². The Bertz CT molecular complexity index is 872. The number of hydrogen-bond acceptors (Lipinski definition) is 7. The van der Waals surface area contributed by atoms with E-state index in [4.69, 9.17) is 25.8 Å². The SMILES string of the molecule is OC[C@H]1O[C@@H](c2ccc(Cl)c(Cc3ccc4c(c3)COCO4)c2)[C@H](O)[C@@H](O)[C@@H]1O. The molecule has 0 aliphatic carbocycles. The molecule has 0 spiro atoms. The third-order valence-electron chi connectivity index (χ3n) is 5.37. The number of hydrogen-bond donors (Lipinski definition) is 4. The van der Waals surface area contributed by atoms with E-state index in [0.29, 0.717) is 23.6 Å². The van der Waals surface area contributed by atoms with Gasteiger partial charge in [-0.2, -0.15) is 0 Å². The quantitative estimate of drug-likeness (QED) is 0.588. The van der Waals surface area contributed by atoms with Crippen molar-refractivity contribution in [2.24, 2.45) is 0 Å². The standard InChI is InChI=1S/C21H23ClO7/c22-15-3-2-12(21-20(26)19(25)18(24)17(8-23)29-21)7-13(15)5-11-1-4-16-14(6-11)9-27-10-28-16/h1-4,6-7,17-21,23-26H,5,8-10H2/t17-,18-,19+,20-,21+/m1/s1. The summed E-state index contributed by atoms with van der Waals surface area (Å²) in [5, 5.41) is 40.4. The zero-order valence-corrected chi connectivity index (χ0v) is 16.3. The van der Waals surface area contributed by atoms with Gasteiger partial charge < -0.3 is 34.6 Å². The van der Waals surface area contributed by atoms with Crippen LogP contribution >= 0.6 is 11.6 Å². The maximum absolute atomic E-state index is 10.4. The molecule has 2 aromatic rings. The van der Waals surface area contributed by atoms with Crippen LogP contribution in [0.1, 0.15) is 28.4 Å². The number of ether oxygens (including phenoxy) is 3. The summed E-state index contributed by atoms with van der Waals surface area (Å²) in [5.74, 6) is 0.807. The van der Waals surface area contributed by atoms with Crippen LogP contribution in [-0.2, 0) is 22.5 Å². The molecule has 5 atom stereocenters. The van der Waals surface area contributed by atoms with Crippen molar-refractivity contribution in [1.82, 2.24) is 0 Å². The summed E-state index contributed by atoms with van der Waals surface area (Å²) >= 11 is 6.39. The number of halogens is 1. The molecule has 0 amide bonds. The van der Waals surface area contributed by atoms with Gasteiger partial charge in [0.2, 0.25) is 0 Å². The smallest absolute Gasteiger partial charge is 0.189 e. The lowest BCUT2D eigenvalue weighted by Crippen LogP contribution is -2.55. The average molecular weight is 423 g/mol. The van der Waals surface area contributed by atoms with E-state index in [1.54, 1.807) is 12.1 Å². The van der Waals surface area contributed by atoms with Gasteiger partial charge in [0.05, 0.1) is 13.2 Å². The van der Waals surface area contributed by atoms with Gasteiger partial charge in [0.15, 0.2) is 6.79 Å². The summed E-state index contributed by atoms with van der Waals surface area (Å²) in [6.07, 6.45) is -5.47. The molecular weight excluding hydrogens is 400 g/mol. The third kappa shape index (κ3) is 4.13. The topological polar surface area (TPSA) is 109 Å². The number of benzene rings is 2. The second kappa shape index (κ2) is 8.57. The van der Waals surface area contributed by atoms with Crippen LogP contribution in [0.25, 0.3) is 0 Å². The average Bonchev–Trinajstić information content (AvgIpc) is 2.74. The highest BCUT2D eigenvalue weighted by Crippen LogP contribution is 2.35. The molecule has 7 nitrogen and oxygen atoms in total. The largest absolute Gasteiger partial charge is 0.467 e. The minimum absolute atomic E-state index is 0.249. The number of fused-ring (bicyclic) bond motifs is 1. The van der Waals surface area contributed by atoms with E-state index in [1.165, 1.54) is 0 Å². The lowest BCUT2D eigenvalue weighted by atomic mass is 9.90. The first-order valence-electron chi connectivity index (χ1n) is 9.39. The lowest BCUT2D eigenvalue weighted by Gasteiger charge is -2.40. The Morgan fingerprint density at radius 1 is 1.00 bits per heavy atom. The molecule has 1 saturated heterocycles. The summed E-state index contributed by atoms with van der Waals surface area (Å²) in [4.78, 5) is 0. The molecule has 0 unspecified atom stereocenters. The minimum atomic E-state index is -1.43. The minimum Gasteiger partial charge on any atom is -0.467 e. The predicted octanol–water partition coefficient (Wildman–Crippen LogP) is 1.31. The Kier molecular flexibility index (Phi) is 6.08. The Morgan fingerprint density at radius 2 is 1.83 bits per heavy atom. The summed E-state index contributed by atoms with van der Waals surface area (Å²) in [7, 11) is 0. The third-order valence-corrected chi connectivity index (χ3v) is 5.73. The molecule has 0 bridgehead atoms. The fourth-order valence-electron chi connectivity index (χ4n) is 3.76. The van der Waals surface area contributed by atoms with E-state index in [2.05, 4.69) is 0 Å². The molecule has 2 aliphatic rings. The van der Waals surface area contributed by atoms with Crippen LogP contribution in [0.15, 0.2) is 36.4 Å². The van der Waals surface area contributed by atoms with Crippen molar-refractivity contribution in [3.63, 3.8) is 0 Å². The fraction of sp³-hybridized carbons (Fsp3) is 0.429. The maximum Gasteiger partial charge on any atom is 0.189 e. The van der Waals surface area contributed by atoms with E-state index in [9.17, 15) is 20.4 Å². The molecule has 1 fully saturated rings. The van der Waals surface area contributed by atoms with Crippen molar-refractivity contribution < 1.29 is 34.6 Å². The van der Waals surface area contributed by atoms with Crippen LogP contribution in [0.4, 0.5) is 0 Å². The highest BCUT2D eigenvalue weighted by Gasteiger charge is 2.44. The molecule has 0 radical (unpaired) electrons. The van der Waals surface area contributed by atoms with Crippen LogP contribution in [0.5, 0.6) is 5.75 Å². The van der Waals surface area contributed by atoms with Gasteiger partial charge in [0.1, 0.15) is 36.3 Å². The second-order valence-corrected chi connectivity index (χ2v) is 7.74. The van der Waals surface area contributed by atoms with E-state index in [-0.39, 0.29) is 6.79 Å². The molecule has 29 heavy (non-hydrogen) atoms. The van der Waals surface area contributed by atoms with Crippen molar-refractivity contribution in [1.29, 1.82) is 0 Å². The first-order chi connectivity index (χ1) is 14.0. The van der Waals surface area contributed by atoms with Gasteiger partial charge >= 0.3 is 0 Å². The van der Waals surface area contributed by atoms with Gasteiger partial charge in [0, 0.05) is 10.6 Å². The zero-order chi connectivity index (χ0) is 20.5. The number of rotatable bonds is 4. The highest BCUT2D eigenvalue weighted by atomic mass is 35.5. The zero-order valence-electron chi connectivity index (χ0n) is 15.6. The molecule has 0 saturated carbocycles. The summed E-state index contributed by atoms with van der Waals surface area (Å²) in [6.45, 7) is 0.266. The maximum atomic E-state index is 10.4. The van der Waals surface area contributed by atoms with Crippen LogP contribution in [0, 0.1) is 0 Å². The van der Waals surface area contributed by atoms with Crippen LogP contribution in [0.3, 0.4) is 0 Å². The van der Waals surface area contributed by atoms with E-state index < -0.39 is 37.1 Å². The monoisotopic (exact) mass is 422 g/mol. The van der Waals surface area contributed by atoms with Gasteiger partial charge in [-0.3, -0.25) is 0 Å². The van der Waals surface area contributed by atoms with Crippen molar-refractivity contribution in [3.8, 4) is 5.75 Å². The van der Waals surface area contributed by atoms with Gasteiger partial charge in [-0.1, -0.05) is 29.8 Å². The Labute approximate surface area is 173 Å². The van der Waals surface area contributed by atoms with Crippen LogP contribution in [-0.4, -0.2) is 58.2 Å². The van der Waals surface area contributed by atoms with Gasteiger partial charge in [-0.25, -0.2) is 0 Å². The molecule has 4 rings (SSSR count). The fourth-order valence-corrected chi connectivity index (χ4v) is 3.94. The first kappa shape index (κ1) is 20.6. The second-order valence-electron chi connectivity index (χ2n) is 7.33. The van der Waals surface area contributed by atoms with Crippen molar-refractivity contribution in [3.05, 3.63) is 63.7 Å². The Hall–Kier alpha value is -1.71. The summed E-state index contributed by atoms with van der Waals surface area (Å²) in [6, 6.07) is 11.1. The highest BCUT2D eigenvalue weighted by molar-refractivity contribution is 6.31. The van der Waals surface area contributed by atoms with Gasteiger partial charge in [0.25, 0.3) is 0 Å². The Balaban J connectivity index is 1.59. The van der Waals surface area contributed by atoms with E-state index in [1.807, 2.05) is 24.3 Å². The van der Waals surface area contributed by atoms with E-state index >= 15 is 0 Å². The molecule has 156 valence electrons. The van der Waals surface area contributed by atoms with Crippen LogP contribution in [0.2, 0.25) is 5.02 Å². The Morgan fingerprint density at radius 3 is 2.62 bits per heavy atom. The molecule has 2 aliphatic heterocycles. The van der Waals surface area contributed by atoms with Crippen molar-refractivity contribution in [2.75, 3.05) is 13.4 Å². The van der Waals surface area contributed by atoms with E-state index in [0.717, 1.165) is 22.4 Å². The molecule has 2 heterocycles. The summed E-state index contributed by atoms with van der Waals surface area (Å²) < 4.78 is 16.4. The molecule has 4 N–H and O–H groups in total. The van der Waals surface area contributed by atoms with Gasteiger partial charge in [-0.15, -0.1) is 0 Å². The molecule has 2 aromatic carbocycles. The summed E-state index contributed by atoms with van der Waals surface area (Å²) in [5.41, 5.74) is 3.41. The molecular formula is C21H23ClO7.